The topological polar surface area (TPSA) is 49.4 Å². The van der Waals surface area contributed by atoms with Crippen LogP contribution in [-0.4, -0.2) is 49.6 Å². The van der Waals surface area contributed by atoms with Crippen LogP contribution in [0, 0.1) is 0 Å². The third-order valence-electron chi connectivity index (χ3n) is 4.58. The second-order valence-corrected chi connectivity index (χ2v) is 9.24. The second-order valence-electron chi connectivity index (χ2n) is 6.15. The zero-order valence-corrected chi connectivity index (χ0v) is 14.6. The molecule has 1 fully saturated rings. The Balaban J connectivity index is 1.69. The molecular weight excluding hydrogens is 316 g/mol. The van der Waals surface area contributed by atoms with Gasteiger partial charge in [0.15, 0.2) is 0 Å². The summed E-state index contributed by atoms with van der Waals surface area (Å²) in [5.74, 6) is 2.22. The summed E-state index contributed by atoms with van der Waals surface area (Å²) in [6, 6.07) is 9.06. The van der Waals surface area contributed by atoms with Gasteiger partial charge in [0.2, 0.25) is 10.0 Å². The molecule has 1 saturated heterocycles. The summed E-state index contributed by atoms with van der Waals surface area (Å²) >= 11 is 1.97. The number of rotatable bonds is 4. The fourth-order valence-electron chi connectivity index (χ4n) is 3.47. The summed E-state index contributed by atoms with van der Waals surface area (Å²) in [5, 5.41) is 3.63. The highest BCUT2D eigenvalue weighted by Crippen LogP contribution is 2.28. The number of hydrogen-bond donors (Lipinski definition) is 1. The van der Waals surface area contributed by atoms with Gasteiger partial charge in [0.05, 0.1) is 6.26 Å². The summed E-state index contributed by atoms with van der Waals surface area (Å²) in [7, 11) is -3.08. The van der Waals surface area contributed by atoms with Crippen molar-refractivity contribution in [2.75, 3.05) is 30.9 Å². The Hall–Kier alpha value is -0.560. The van der Waals surface area contributed by atoms with Crippen LogP contribution in [0.3, 0.4) is 0 Å². The van der Waals surface area contributed by atoms with E-state index in [0.717, 1.165) is 37.3 Å². The van der Waals surface area contributed by atoms with E-state index in [-0.39, 0.29) is 6.04 Å². The van der Waals surface area contributed by atoms with E-state index in [4.69, 9.17) is 0 Å². The zero-order valence-electron chi connectivity index (χ0n) is 13.0. The van der Waals surface area contributed by atoms with E-state index in [1.807, 2.05) is 11.8 Å². The number of fused-ring (bicyclic) bond motifs is 1. The molecule has 2 atom stereocenters. The van der Waals surface area contributed by atoms with E-state index in [1.54, 1.807) is 4.31 Å². The monoisotopic (exact) mass is 340 g/mol. The molecule has 3 rings (SSSR count). The normalized spacial score (nSPS) is 26.6. The molecule has 22 heavy (non-hydrogen) atoms. The average Bonchev–Trinajstić information content (AvgIpc) is 2.87. The standard InChI is InChI=1S/C16H24N2O2S2/c1-22(19,20)18-9-4-6-14(18)11-17-16-12-21-10-8-13-5-2-3-7-15(13)16/h2-3,5,7,14,16-17H,4,6,8-12H2,1H3/t14-,16?/m1/s1. The molecular formula is C16H24N2O2S2. The maximum absolute atomic E-state index is 11.8. The molecule has 0 aliphatic carbocycles. The highest BCUT2D eigenvalue weighted by molar-refractivity contribution is 7.99. The van der Waals surface area contributed by atoms with Crippen LogP contribution in [-0.2, 0) is 16.4 Å². The number of benzene rings is 1. The Kier molecular flexibility index (Phi) is 5.12. The Labute approximate surface area is 137 Å². The van der Waals surface area contributed by atoms with E-state index in [9.17, 15) is 8.42 Å². The number of sulfonamides is 1. The van der Waals surface area contributed by atoms with Crippen molar-refractivity contribution in [1.29, 1.82) is 0 Å². The number of thioether (sulfide) groups is 1. The SMILES string of the molecule is CS(=O)(=O)N1CCC[C@@H]1CNC1CSCCc2ccccc21. The molecule has 2 aliphatic heterocycles. The van der Waals surface area contributed by atoms with Gasteiger partial charge >= 0.3 is 0 Å². The Morgan fingerprint density at radius 1 is 1.36 bits per heavy atom. The molecule has 1 unspecified atom stereocenters. The van der Waals surface area contributed by atoms with Crippen molar-refractivity contribution < 1.29 is 8.42 Å². The molecule has 0 amide bonds. The first kappa shape index (κ1) is 16.3. The van der Waals surface area contributed by atoms with Gasteiger partial charge in [-0.05, 0) is 36.1 Å². The summed E-state index contributed by atoms with van der Waals surface area (Å²) in [4.78, 5) is 0. The fourth-order valence-corrected chi connectivity index (χ4v) is 5.72. The smallest absolute Gasteiger partial charge is 0.211 e. The molecule has 6 heteroatoms. The average molecular weight is 341 g/mol. The van der Waals surface area contributed by atoms with Crippen LogP contribution in [0.15, 0.2) is 24.3 Å². The molecule has 0 saturated carbocycles. The van der Waals surface area contributed by atoms with Gasteiger partial charge in [-0.15, -0.1) is 0 Å². The number of nitrogens with zero attached hydrogens (tertiary/aromatic N) is 1. The van der Waals surface area contributed by atoms with Gasteiger partial charge in [-0.3, -0.25) is 0 Å². The number of nitrogens with one attached hydrogen (secondary N) is 1. The minimum absolute atomic E-state index is 0.107. The van der Waals surface area contributed by atoms with Crippen molar-refractivity contribution in [3.63, 3.8) is 0 Å². The van der Waals surface area contributed by atoms with Gasteiger partial charge in [-0.2, -0.15) is 16.1 Å². The minimum atomic E-state index is -3.08. The molecule has 1 N–H and O–H groups in total. The largest absolute Gasteiger partial charge is 0.308 e. The van der Waals surface area contributed by atoms with Gasteiger partial charge in [0, 0.05) is 30.9 Å². The van der Waals surface area contributed by atoms with Crippen LogP contribution in [0.4, 0.5) is 0 Å². The summed E-state index contributed by atoms with van der Waals surface area (Å²) < 4.78 is 25.3. The van der Waals surface area contributed by atoms with Crippen LogP contribution in [0.2, 0.25) is 0 Å². The van der Waals surface area contributed by atoms with Gasteiger partial charge < -0.3 is 5.32 Å². The highest BCUT2D eigenvalue weighted by atomic mass is 32.2. The first-order chi connectivity index (χ1) is 10.6. The van der Waals surface area contributed by atoms with E-state index < -0.39 is 10.0 Å². The van der Waals surface area contributed by atoms with Crippen molar-refractivity contribution in [3.8, 4) is 0 Å². The lowest BCUT2D eigenvalue weighted by Crippen LogP contribution is -2.42. The maximum Gasteiger partial charge on any atom is 0.211 e. The van der Waals surface area contributed by atoms with Gasteiger partial charge in [-0.1, -0.05) is 24.3 Å². The summed E-state index contributed by atoms with van der Waals surface area (Å²) in [5.41, 5.74) is 2.81. The predicted octanol–water partition coefficient (Wildman–Crippen LogP) is 2.03. The summed E-state index contributed by atoms with van der Waals surface area (Å²) in [6.45, 7) is 1.41. The van der Waals surface area contributed by atoms with E-state index >= 15 is 0 Å². The van der Waals surface area contributed by atoms with Crippen LogP contribution < -0.4 is 5.32 Å². The van der Waals surface area contributed by atoms with Gasteiger partial charge in [0.25, 0.3) is 0 Å². The molecule has 1 aromatic rings. The quantitative estimate of drug-likeness (QED) is 0.911. The molecule has 122 valence electrons. The first-order valence-corrected chi connectivity index (χ1v) is 10.9. The molecule has 1 aromatic carbocycles. The lowest BCUT2D eigenvalue weighted by molar-refractivity contribution is 0.364. The number of hydrogen-bond acceptors (Lipinski definition) is 4. The van der Waals surface area contributed by atoms with E-state index in [0.29, 0.717) is 12.6 Å². The van der Waals surface area contributed by atoms with Gasteiger partial charge in [0.1, 0.15) is 0 Å². The molecule has 0 spiro atoms. The van der Waals surface area contributed by atoms with E-state index in [1.165, 1.54) is 17.4 Å². The summed E-state index contributed by atoms with van der Waals surface area (Å²) in [6.07, 6.45) is 4.37. The molecule has 0 radical (unpaired) electrons. The molecule has 2 heterocycles. The molecule has 0 aromatic heterocycles. The lowest BCUT2D eigenvalue weighted by atomic mass is 9.99. The Morgan fingerprint density at radius 3 is 3.00 bits per heavy atom. The van der Waals surface area contributed by atoms with Crippen LogP contribution in [0.25, 0.3) is 0 Å². The van der Waals surface area contributed by atoms with E-state index in [2.05, 4.69) is 29.6 Å². The predicted molar refractivity (Wildman–Crippen MR) is 92.8 cm³/mol. The Morgan fingerprint density at radius 2 is 2.18 bits per heavy atom. The maximum atomic E-state index is 11.8. The third kappa shape index (κ3) is 3.67. The number of aryl methyl sites for hydroxylation is 1. The zero-order chi connectivity index (χ0) is 15.6. The van der Waals surface area contributed by atoms with Crippen LogP contribution >= 0.6 is 11.8 Å². The van der Waals surface area contributed by atoms with Crippen molar-refractivity contribution in [1.82, 2.24) is 9.62 Å². The third-order valence-corrected chi connectivity index (χ3v) is 6.97. The fraction of sp³-hybridized carbons (Fsp3) is 0.625. The van der Waals surface area contributed by atoms with Crippen molar-refractivity contribution in [3.05, 3.63) is 35.4 Å². The minimum Gasteiger partial charge on any atom is -0.308 e. The van der Waals surface area contributed by atoms with Crippen molar-refractivity contribution in [2.45, 2.75) is 31.3 Å². The lowest BCUT2D eigenvalue weighted by Gasteiger charge is -2.26. The highest BCUT2D eigenvalue weighted by Gasteiger charge is 2.31. The van der Waals surface area contributed by atoms with Crippen molar-refractivity contribution >= 4 is 21.8 Å². The van der Waals surface area contributed by atoms with Crippen LogP contribution in [0.5, 0.6) is 0 Å². The van der Waals surface area contributed by atoms with Crippen LogP contribution in [0.1, 0.15) is 30.0 Å². The van der Waals surface area contributed by atoms with Gasteiger partial charge in [-0.25, -0.2) is 8.42 Å². The van der Waals surface area contributed by atoms with Crippen molar-refractivity contribution in [2.24, 2.45) is 0 Å². The Bertz CT molecular complexity index is 618. The molecule has 4 nitrogen and oxygen atoms in total. The molecule has 2 aliphatic rings. The first-order valence-electron chi connectivity index (χ1n) is 7.91. The molecule has 0 bridgehead atoms. The second kappa shape index (κ2) is 6.91.